The van der Waals surface area contributed by atoms with Gasteiger partial charge in [-0.3, -0.25) is 4.40 Å². The van der Waals surface area contributed by atoms with Crippen molar-refractivity contribution < 1.29 is 14.3 Å². The maximum Gasteiger partial charge on any atom is 0.513 e. The topological polar surface area (TPSA) is 52.8 Å². The fourth-order valence-corrected chi connectivity index (χ4v) is 2.74. The number of methoxy groups -OCH3 is 1. The van der Waals surface area contributed by atoms with Crippen LogP contribution in [0.15, 0.2) is 42.6 Å². The van der Waals surface area contributed by atoms with Crippen LogP contribution >= 0.6 is 0 Å². The SMILES string of the molecule is COC(=O)Oc1ccc2nc3c(n2c1)Cc1ccccc1-3. The van der Waals surface area contributed by atoms with E-state index in [0.29, 0.717) is 5.75 Å². The highest BCUT2D eigenvalue weighted by molar-refractivity contribution is 5.75. The molecule has 0 N–H and O–H groups in total. The number of pyridine rings is 1. The highest BCUT2D eigenvalue weighted by atomic mass is 16.7. The minimum Gasteiger partial charge on any atom is -0.437 e. The van der Waals surface area contributed by atoms with Gasteiger partial charge in [-0.2, -0.15) is 0 Å². The first-order valence-electron chi connectivity index (χ1n) is 6.61. The maximum absolute atomic E-state index is 11.2. The van der Waals surface area contributed by atoms with Gasteiger partial charge in [-0.15, -0.1) is 0 Å². The van der Waals surface area contributed by atoms with Crippen LogP contribution in [0.2, 0.25) is 0 Å². The van der Waals surface area contributed by atoms with Gasteiger partial charge < -0.3 is 9.47 Å². The molecule has 0 unspecified atom stereocenters. The van der Waals surface area contributed by atoms with E-state index in [0.717, 1.165) is 23.5 Å². The normalized spacial score (nSPS) is 12.0. The Morgan fingerprint density at radius 1 is 1.24 bits per heavy atom. The summed E-state index contributed by atoms with van der Waals surface area (Å²) in [6, 6.07) is 11.8. The lowest BCUT2D eigenvalue weighted by Gasteiger charge is -2.04. The second-order valence-electron chi connectivity index (χ2n) is 4.89. The number of ether oxygens (including phenoxy) is 2. The van der Waals surface area contributed by atoms with Crippen LogP contribution < -0.4 is 4.74 Å². The van der Waals surface area contributed by atoms with Crippen LogP contribution in [-0.2, 0) is 11.2 Å². The third-order valence-electron chi connectivity index (χ3n) is 3.69. The van der Waals surface area contributed by atoms with E-state index in [9.17, 15) is 4.79 Å². The Morgan fingerprint density at radius 3 is 2.95 bits per heavy atom. The molecule has 0 fully saturated rings. The third kappa shape index (κ3) is 1.78. The minimum atomic E-state index is -0.727. The Hall–Kier alpha value is -2.82. The number of carbonyl (C=O) groups is 1. The second kappa shape index (κ2) is 4.34. The van der Waals surface area contributed by atoms with E-state index in [4.69, 9.17) is 4.74 Å². The van der Waals surface area contributed by atoms with Gasteiger partial charge >= 0.3 is 6.16 Å². The van der Waals surface area contributed by atoms with Crippen molar-refractivity contribution in [1.29, 1.82) is 0 Å². The first-order chi connectivity index (χ1) is 10.3. The highest BCUT2D eigenvalue weighted by Crippen LogP contribution is 2.36. The van der Waals surface area contributed by atoms with Gasteiger partial charge in [-0.05, 0) is 17.7 Å². The van der Waals surface area contributed by atoms with E-state index in [1.54, 1.807) is 12.3 Å². The lowest BCUT2D eigenvalue weighted by Crippen LogP contribution is -2.07. The molecule has 0 radical (unpaired) electrons. The van der Waals surface area contributed by atoms with E-state index in [1.807, 2.05) is 22.6 Å². The predicted octanol–water partition coefficient (Wildman–Crippen LogP) is 3.05. The average molecular weight is 280 g/mol. The summed E-state index contributed by atoms with van der Waals surface area (Å²) in [4.78, 5) is 15.9. The summed E-state index contributed by atoms with van der Waals surface area (Å²) in [5, 5.41) is 0. The summed E-state index contributed by atoms with van der Waals surface area (Å²) in [6.07, 6.45) is 1.87. The number of nitrogens with zero attached hydrogens (tertiary/aromatic N) is 2. The molecule has 0 saturated carbocycles. The quantitative estimate of drug-likeness (QED) is 0.503. The van der Waals surface area contributed by atoms with Gasteiger partial charge in [-0.1, -0.05) is 24.3 Å². The summed E-state index contributed by atoms with van der Waals surface area (Å²) in [6.45, 7) is 0. The number of fused-ring (bicyclic) bond motifs is 5. The van der Waals surface area contributed by atoms with Crippen LogP contribution in [-0.4, -0.2) is 22.6 Å². The van der Waals surface area contributed by atoms with Gasteiger partial charge in [-0.25, -0.2) is 9.78 Å². The molecule has 0 saturated heterocycles. The molecule has 104 valence electrons. The van der Waals surface area contributed by atoms with Crippen LogP contribution in [0.1, 0.15) is 11.3 Å². The maximum atomic E-state index is 11.2. The average Bonchev–Trinajstić information content (AvgIpc) is 3.03. The molecule has 1 aliphatic carbocycles. The number of rotatable bonds is 1. The van der Waals surface area contributed by atoms with Crippen molar-refractivity contribution in [2.75, 3.05) is 7.11 Å². The molecule has 2 aromatic heterocycles. The Bertz CT molecular complexity index is 867. The second-order valence-corrected chi connectivity index (χ2v) is 4.89. The zero-order valence-electron chi connectivity index (χ0n) is 11.4. The molecular weight excluding hydrogens is 268 g/mol. The largest absolute Gasteiger partial charge is 0.513 e. The summed E-state index contributed by atoms with van der Waals surface area (Å²) in [5.41, 5.74) is 5.39. The summed E-state index contributed by atoms with van der Waals surface area (Å²) in [7, 11) is 1.28. The van der Waals surface area contributed by atoms with E-state index in [-0.39, 0.29) is 0 Å². The standard InChI is InChI=1S/C16H12N2O3/c1-20-16(19)21-11-6-7-14-17-15-12-5-3-2-4-10(12)8-13(15)18(14)9-11/h2-7,9H,8H2,1H3. The molecular formula is C16H12N2O3. The summed E-state index contributed by atoms with van der Waals surface area (Å²) >= 11 is 0. The van der Waals surface area contributed by atoms with Crippen LogP contribution in [0, 0.1) is 0 Å². The third-order valence-corrected chi connectivity index (χ3v) is 3.69. The van der Waals surface area contributed by atoms with E-state index in [1.165, 1.54) is 18.2 Å². The van der Waals surface area contributed by atoms with Crippen molar-refractivity contribution in [1.82, 2.24) is 9.38 Å². The van der Waals surface area contributed by atoms with Crippen LogP contribution in [0.5, 0.6) is 5.75 Å². The molecule has 1 aromatic carbocycles. The highest BCUT2D eigenvalue weighted by Gasteiger charge is 2.23. The van der Waals surface area contributed by atoms with Crippen molar-refractivity contribution in [3.8, 4) is 17.0 Å². The Balaban J connectivity index is 1.83. The summed E-state index contributed by atoms with van der Waals surface area (Å²) in [5.74, 6) is 0.436. The molecule has 2 heterocycles. The van der Waals surface area contributed by atoms with Gasteiger partial charge in [0.15, 0.2) is 5.75 Å². The molecule has 5 nitrogen and oxygen atoms in total. The first kappa shape index (κ1) is 12.0. The molecule has 0 bridgehead atoms. The molecule has 1 aliphatic rings. The minimum absolute atomic E-state index is 0.436. The Labute approximate surface area is 120 Å². The van der Waals surface area contributed by atoms with Gasteiger partial charge in [0.2, 0.25) is 0 Å². The van der Waals surface area contributed by atoms with Gasteiger partial charge in [0.1, 0.15) is 5.65 Å². The number of hydrogen-bond acceptors (Lipinski definition) is 4. The fourth-order valence-electron chi connectivity index (χ4n) is 2.74. The van der Waals surface area contributed by atoms with E-state index >= 15 is 0 Å². The van der Waals surface area contributed by atoms with Gasteiger partial charge in [0.05, 0.1) is 24.7 Å². The zero-order chi connectivity index (χ0) is 14.4. The monoisotopic (exact) mass is 280 g/mol. The van der Waals surface area contributed by atoms with Crippen molar-refractivity contribution in [3.05, 3.63) is 53.9 Å². The molecule has 21 heavy (non-hydrogen) atoms. The van der Waals surface area contributed by atoms with Gasteiger partial charge in [0.25, 0.3) is 0 Å². The van der Waals surface area contributed by atoms with E-state index < -0.39 is 6.16 Å². The predicted molar refractivity (Wildman–Crippen MR) is 76.5 cm³/mol. The van der Waals surface area contributed by atoms with Gasteiger partial charge in [0, 0.05) is 12.0 Å². The number of aromatic nitrogens is 2. The van der Waals surface area contributed by atoms with Crippen LogP contribution in [0.4, 0.5) is 4.79 Å². The fraction of sp³-hybridized carbons (Fsp3) is 0.125. The van der Waals surface area contributed by atoms with Crippen molar-refractivity contribution in [2.24, 2.45) is 0 Å². The number of hydrogen-bond donors (Lipinski definition) is 0. The zero-order valence-corrected chi connectivity index (χ0v) is 11.4. The Kier molecular flexibility index (Phi) is 2.47. The van der Waals surface area contributed by atoms with E-state index in [2.05, 4.69) is 21.9 Å². The number of carbonyl (C=O) groups excluding carboxylic acids is 1. The molecule has 0 aliphatic heterocycles. The smallest absolute Gasteiger partial charge is 0.437 e. The summed E-state index contributed by atoms with van der Waals surface area (Å²) < 4.78 is 11.5. The van der Waals surface area contributed by atoms with Crippen LogP contribution in [0.3, 0.4) is 0 Å². The lowest BCUT2D eigenvalue weighted by atomic mass is 10.1. The van der Waals surface area contributed by atoms with Crippen molar-refractivity contribution in [3.63, 3.8) is 0 Å². The molecule has 5 heteroatoms. The number of imidazole rings is 1. The molecule has 4 rings (SSSR count). The molecule has 0 spiro atoms. The van der Waals surface area contributed by atoms with Crippen molar-refractivity contribution >= 4 is 11.8 Å². The molecule has 3 aromatic rings. The Morgan fingerprint density at radius 2 is 2.10 bits per heavy atom. The van der Waals surface area contributed by atoms with Crippen LogP contribution in [0.25, 0.3) is 16.9 Å². The van der Waals surface area contributed by atoms with Crippen molar-refractivity contribution in [2.45, 2.75) is 6.42 Å². The molecule has 0 atom stereocenters. The lowest BCUT2D eigenvalue weighted by molar-refractivity contribution is 0.121. The molecule has 0 amide bonds. The first-order valence-corrected chi connectivity index (χ1v) is 6.61. The number of benzene rings is 1.